The number of nitrogens with one attached hydrogen (secondary N) is 1. The number of carbonyl (C=O) groups is 1. The summed E-state index contributed by atoms with van der Waals surface area (Å²) in [5.74, 6) is -6.76. The van der Waals surface area contributed by atoms with Gasteiger partial charge in [-0.1, -0.05) is 13.8 Å². The van der Waals surface area contributed by atoms with Gasteiger partial charge in [-0.25, -0.2) is 48.7 Å². The van der Waals surface area contributed by atoms with Gasteiger partial charge in [-0.15, -0.1) is 0 Å². The fraction of sp³-hybridized carbons (Fsp3) is 0.220. The fourth-order valence-electron chi connectivity index (χ4n) is 3.84. The van der Waals surface area contributed by atoms with Gasteiger partial charge in [0.1, 0.15) is 63.8 Å². The zero-order valence-electron chi connectivity index (χ0n) is 34.9. The molecule has 0 aliphatic heterocycles. The number of nitrogens with zero attached hydrogens (tertiary/aromatic N) is 2. The third-order valence-electron chi connectivity index (χ3n) is 6.47. The number of hydrogen-bond donors (Lipinski definition) is 4. The molecule has 0 aliphatic rings. The quantitative estimate of drug-likeness (QED) is 0.0266. The molecule has 0 fully saturated rings. The number of carbonyl (C=O) groups excluding carboxylic acids is 1. The van der Waals surface area contributed by atoms with Crippen LogP contribution < -0.4 is 16.8 Å². The molecule has 0 spiro atoms. The first kappa shape index (κ1) is 63.7. The summed E-state index contributed by atoms with van der Waals surface area (Å²) in [6.07, 6.45) is -0.647. The molecule has 5 rings (SSSR count). The molecule has 5 aromatic rings. The van der Waals surface area contributed by atoms with Gasteiger partial charge >= 0.3 is 30.8 Å². The number of hydrogen-bond acceptors (Lipinski definition) is 7. The molecule has 0 unspecified atom stereocenters. The standard InChI is InChI=1S/C14H18BrF2NO2.C7H2BrF2N.C6H2BrF2I.C6H4BrF2N.C6H5F2N.C2H6.BHNS/c1-13(2,3)20-12(19)18-14(4,5)8-6-9(16)11(15)10(17)7-8;8-7-5(9)1-4(3-11)2-6(7)10;2*7-6-4(8)1-3(10)2-5(6)9;7-4-1-5(8)3-6(9)2-4;1-2;1-2-3/h6-7H,1-5H3,(H,18,19);1-2H;1-2H;1-2H,10H2;1-3H,9H2;1-2H3;3H. The van der Waals surface area contributed by atoms with E-state index < -0.39 is 75.4 Å². The summed E-state index contributed by atoms with van der Waals surface area (Å²) in [6.45, 7) is 12.5. The number of amides is 1. The molecule has 5 aromatic carbocycles. The van der Waals surface area contributed by atoms with E-state index in [0.29, 0.717) is 9.13 Å². The van der Waals surface area contributed by atoms with Gasteiger partial charge in [0.2, 0.25) is 0 Å². The molecule has 0 aromatic heterocycles. The van der Waals surface area contributed by atoms with Crippen molar-refractivity contribution in [3.8, 4) is 6.07 Å². The zero-order chi connectivity index (χ0) is 51.2. The number of halogens is 15. The van der Waals surface area contributed by atoms with Crippen molar-refractivity contribution in [3.63, 3.8) is 0 Å². The molecule has 353 valence electrons. The number of nitrogen functional groups attached to an aromatic ring is 2. The molecule has 0 aliphatic carbocycles. The molecule has 0 atom stereocenters. The van der Waals surface area contributed by atoms with E-state index in [9.17, 15) is 48.7 Å². The van der Waals surface area contributed by atoms with Crippen molar-refractivity contribution in [1.29, 1.82) is 5.26 Å². The predicted octanol–water partition coefficient (Wildman–Crippen LogP) is 15.5. The molecule has 65 heavy (non-hydrogen) atoms. The Morgan fingerprint density at radius 1 is 0.646 bits per heavy atom. The Balaban J connectivity index is 0. The van der Waals surface area contributed by atoms with Crippen LogP contribution >= 0.6 is 99.1 Å². The number of ether oxygens (including phenoxy) is 1. The van der Waals surface area contributed by atoms with Crippen molar-refractivity contribution in [1.82, 2.24) is 5.32 Å². The molecule has 0 saturated carbocycles. The van der Waals surface area contributed by atoms with E-state index in [2.05, 4.69) is 93.8 Å². The molecule has 5 N–H and O–H groups in total. The first-order valence-corrected chi connectivity index (χ1v) is 22.2. The Hall–Kier alpha value is -3.38. The van der Waals surface area contributed by atoms with Crippen molar-refractivity contribution in [2.24, 2.45) is 4.30 Å². The second-order valence-corrected chi connectivity index (χ2v) is 17.8. The van der Waals surface area contributed by atoms with Gasteiger partial charge in [0.15, 0.2) is 0 Å². The molecular weight excluding hydrogens is 1270 g/mol. The Kier molecular flexibility index (Phi) is 30.2. The topological polar surface area (TPSA) is 127 Å². The number of rotatable bonds is 2. The summed E-state index contributed by atoms with van der Waals surface area (Å²) < 4.78 is 134. The van der Waals surface area contributed by atoms with Crippen LogP contribution in [0.5, 0.6) is 0 Å². The van der Waals surface area contributed by atoms with Gasteiger partial charge < -0.3 is 21.5 Å². The van der Waals surface area contributed by atoms with Gasteiger partial charge in [0.25, 0.3) is 0 Å². The minimum absolute atomic E-state index is 0.0248. The van der Waals surface area contributed by atoms with Gasteiger partial charge in [0.05, 0.1) is 35.1 Å². The summed E-state index contributed by atoms with van der Waals surface area (Å²) in [7, 11) is 4.34. The number of nitriles is 1. The molecular formula is C41H38BBr4F10IN5O2S. The molecule has 7 nitrogen and oxygen atoms in total. The summed E-state index contributed by atoms with van der Waals surface area (Å²) in [6, 6.07) is 13.4. The number of thiol groups is 1. The third-order valence-corrected chi connectivity index (χ3v) is 10.1. The van der Waals surface area contributed by atoms with E-state index >= 15 is 0 Å². The van der Waals surface area contributed by atoms with Crippen LogP contribution in [-0.4, -0.2) is 19.3 Å². The van der Waals surface area contributed by atoms with Crippen molar-refractivity contribution in [3.05, 3.63) is 157 Å². The average molecular weight is 1310 g/mol. The van der Waals surface area contributed by atoms with E-state index in [0.717, 1.165) is 42.5 Å². The maximum absolute atomic E-state index is 13.5. The Bertz CT molecular complexity index is 2220. The van der Waals surface area contributed by atoms with Gasteiger partial charge in [-0.2, -0.15) is 5.26 Å². The van der Waals surface area contributed by atoms with Crippen LogP contribution in [0.2, 0.25) is 0 Å². The van der Waals surface area contributed by atoms with Crippen LogP contribution in [0.4, 0.5) is 60.1 Å². The SMILES string of the molecule is CC.CC(C)(C)OC(=O)NC(C)(C)c1cc(F)c(Br)c(F)c1.Fc1cc(I)cc(F)c1Br.N#Cc1cc(F)c(Br)c(F)c1.Nc1cc(F)c(Br)c(F)c1.Nc1cc(F)cc(F)c1.[B]=NS. The minimum atomic E-state index is -0.968. The second kappa shape index (κ2) is 30.8. The summed E-state index contributed by atoms with van der Waals surface area (Å²) in [5.41, 5.74) is 9.06. The molecule has 24 heteroatoms. The number of benzene rings is 5. The van der Waals surface area contributed by atoms with Gasteiger partial charge in [0, 0.05) is 21.0 Å². The Morgan fingerprint density at radius 3 is 1.25 bits per heavy atom. The van der Waals surface area contributed by atoms with E-state index in [-0.39, 0.29) is 34.8 Å². The zero-order valence-corrected chi connectivity index (χ0v) is 44.3. The third kappa shape index (κ3) is 25.4. The van der Waals surface area contributed by atoms with E-state index in [4.69, 9.17) is 21.5 Å². The van der Waals surface area contributed by atoms with Crippen molar-refractivity contribution in [2.75, 3.05) is 11.5 Å². The van der Waals surface area contributed by atoms with Crippen LogP contribution in [0.15, 0.2) is 88.9 Å². The molecule has 1 amide bonds. The monoisotopic (exact) mass is 1310 g/mol. The van der Waals surface area contributed by atoms with Crippen LogP contribution in [0.3, 0.4) is 0 Å². The van der Waals surface area contributed by atoms with Gasteiger partial charge in [-0.3, -0.25) is 0 Å². The van der Waals surface area contributed by atoms with Crippen molar-refractivity contribution in [2.45, 2.75) is 59.6 Å². The summed E-state index contributed by atoms with van der Waals surface area (Å²) >= 11 is 16.0. The first-order chi connectivity index (χ1) is 29.9. The molecule has 0 heterocycles. The van der Waals surface area contributed by atoms with Crippen LogP contribution in [0.25, 0.3) is 0 Å². The van der Waals surface area contributed by atoms with Crippen molar-refractivity contribution < 1.29 is 53.4 Å². The van der Waals surface area contributed by atoms with Crippen LogP contribution in [0.1, 0.15) is 59.6 Å². The number of anilines is 2. The molecule has 1 radical (unpaired) electrons. The van der Waals surface area contributed by atoms with E-state index in [1.54, 1.807) is 40.7 Å². The number of nitrogens with two attached hydrogens (primary N) is 2. The average Bonchev–Trinajstić information content (AvgIpc) is 3.17. The maximum atomic E-state index is 13.5. The van der Waals surface area contributed by atoms with Gasteiger partial charge in [-0.05, 0) is 187 Å². The normalized spacial score (nSPS) is 9.98. The van der Waals surface area contributed by atoms with Crippen molar-refractivity contribution >= 4 is 124 Å². The Labute approximate surface area is 423 Å². The Morgan fingerprint density at radius 2 is 0.938 bits per heavy atom. The summed E-state index contributed by atoms with van der Waals surface area (Å²) in [5, 5.41) is 10.9. The molecule has 0 bridgehead atoms. The van der Waals surface area contributed by atoms with E-state index in [1.807, 2.05) is 36.4 Å². The number of alkyl carbamates (subject to hydrolysis) is 1. The fourth-order valence-corrected chi connectivity index (χ4v) is 5.30. The second-order valence-electron chi connectivity index (χ2n) is 13.2. The molecule has 0 saturated heterocycles. The first-order valence-electron chi connectivity index (χ1n) is 17.6. The summed E-state index contributed by atoms with van der Waals surface area (Å²) in [4.78, 5) is 11.8. The van der Waals surface area contributed by atoms with Crippen LogP contribution in [-0.2, 0) is 10.3 Å². The predicted molar refractivity (Wildman–Crippen MR) is 260 cm³/mol. The van der Waals surface area contributed by atoms with Crippen LogP contribution in [0, 0.1) is 73.1 Å². The van der Waals surface area contributed by atoms with E-state index in [1.165, 1.54) is 24.3 Å².